The van der Waals surface area contributed by atoms with E-state index in [0.717, 1.165) is 37.0 Å². The SMILES string of the molecule is CC(CNC(=O)CCNC(=O)NC12CC3CC(CC(C3)C1)C2)C(=O)O. The minimum Gasteiger partial charge on any atom is -0.481 e. The van der Waals surface area contributed by atoms with E-state index >= 15 is 0 Å². The van der Waals surface area contributed by atoms with Crippen molar-refractivity contribution in [2.45, 2.75) is 57.4 Å². The third-order valence-corrected chi connectivity index (χ3v) is 6.08. The van der Waals surface area contributed by atoms with Gasteiger partial charge in [0.2, 0.25) is 5.91 Å². The Kier molecular flexibility index (Phi) is 5.20. The number of amides is 3. The summed E-state index contributed by atoms with van der Waals surface area (Å²) in [4.78, 5) is 34.6. The Balaban J connectivity index is 1.36. The van der Waals surface area contributed by atoms with Crippen molar-refractivity contribution < 1.29 is 19.5 Å². The average molecular weight is 351 g/mol. The van der Waals surface area contributed by atoms with Gasteiger partial charge in [-0.1, -0.05) is 6.92 Å². The Morgan fingerprint density at radius 2 is 1.60 bits per heavy atom. The fourth-order valence-electron chi connectivity index (χ4n) is 5.28. The summed E-state index contributed by atoms with van der Waals surface area (Å²) in [6.07, 6.45) is 7.44. The number of hydrogen-bond donors (Lipinski definition) is 4. The molecular formula is C18H29N3O4. The molecule has 0 heterocycles. The first-order chi connectivity index (χ1) is 11.8. The van der Waals surface area contributed by atoms with Gasteiger partial charge in [0, 0.05) is 25.0 Å². The van der Waals surface area contributed by atoms with Gasteiger partial charge in [-0.15, -0.1) is 0 Å². The van der Waals surface area contributed by atoms with Gasteiger partial charge in [0.05, 0.1) is 5.92 Å². The number of carbonyl (C=O) groups excluding carboxylic acids is 2. The van der Waals surface area contributed by atoms with E-state index < -0.39 is 11.9 Å². The van der Waals surface area contributed by atoms with Gasteiger partial charge in [0.15, 0.2) is 0 Å². The number of hydrogen-bond acceptors (Lipinski definition) is 3. The zero-order chi connectivity index (χ0) is 18.0. The molecule has 1 atom stereocenters. The summed E-state index contributed by atoms with van der Waals surface area (Å²) in [5, 5.41) is 17.3. The number of carbonyl (C=O) groups is 3. The van der Waals surface area contributed by atoms with E-state index in [9.17, 15) is 14.4 Å². The summed E-state index contributed by atoms with van der Waals surface area (Å²) in [6, 6.07) is -0.186. The van der Waals surface area contributed by atoms with Crippen LogP contribution in [-0.2, 0) is 9.59 Å². The van der Waals surface area contributed by atoms with Crippen molar-refractivity contribution in [2.75, 3.05) is 13.1 Å². The van der Waals surface area contributed by atoms with E-state index in [1.165, 1.54) is 19.3 Å². The molecule has 7 heteroatoms. The summed E-state index contributed by atoms with van der Waals surface area (Å²) in [5.41, 5.74) is -0.0298. The number of carboxylic acid groups (broad SMARTS) is 1. The van der Waals surface area contributed by atoms with Crippen LogP contribution in [0.25, 0.3) is 0 Å². The molecule has 0 radical (unpaired) electrons. The van der Waals surface area contributed by atoms with Gasteiger partial charge < -0.3 is 21.1 Å². The van der Waals surface area contributed by atoms with E-state index in [1.54, 1.807) is 6.92 Å². The van der Waals surface area contributed by atoms with Crippen molar-refractivity contribution in [3.63, 3.8) is 0 Å². The summed E-state index contributed by atoms with van der Waals surface area (Å²) < 4.78 is 0. The van der Waals surface area contributed by atoms with Crippen molar-refractivity contribution in [1.29, 1.82) is 0 Å². The molecule has 0 aromatic heterocycles. The zero-order valence-electron chi connectivity index (χ0n) is 14.8. The largest absolute Gasteiger partial charge is 0.481 e. The summed E-state index contributed by atoms with van der Waals surface area (Å²) in [6.45, 7) is 1.90. The number of carboxylic acids is 1. The highest BCUT2D eigenvalue weighted by Gasteiger charge is 2.51. The Morgan fingerprint density at radius 3 is 2.12 bits per heavy atom. The summed E-state index contributed by atoms with van der Waals surface area (Å²) >= 11 is 0. The maximum Gasteiger partial charge on any atom is 0.315 e. The predicted molar refractivity (Wildman–Crippen MR) is 91.9 cm³/mol. The molecule has 4 saturated carbocycles. The smallest absolute Gasteiger partial charge is 0.315 e. The Labute approximate surface area is 148 Å². The number of rotatable bonds is 7. The predicted octanol–water partition coefficient (Wildman–Crippen LogP) is 1.48. The van der Waals surface area contributed by atoms with Crippen molar-refractivity contribution in [3.8, 4) is 0 Å². The lowest BCUT2D eigenvalue weighted by atomic mass is 9.53. The highest BCUT2D eigenvalue weighted by molar-refractivity contribution is 5.79. The van der Waals surface area contributed by atoms with Gasteiger partial charge in [-0.2, -0.15) is 0 Å². The Morgan fingerprint density at radius 1 is 1.04 bits per heavy atom. The quantitative estimate of drug-likeness (QED) is 0.557. The molecule has 1 unspecified atom stereocenters. The van der Waals surface area contributed by atoms with Crippen molar-refractivity contribution in [2.24, 2.45) is 23.7 Å². The third kappa shape index (κ3) is 4.44. The van der Waals surface area contributed by atoms with Crippen LogP contribution in [0.4, 0.5) is 4.79 Å². The molecule has 7 nitrogen and oxygen atoms in total. The minimum absolute atomic E-state index is 0.0298. The third-order valence-electron chi connectivity index (χ3n) is 6.08. The molecule has 4 aliphatic rings. The minimum atomic E-state index is -0.937. The molecule has 0 aromatic rings. The maximum absolute atomic E-state index is 12.2. The van der Waals surface area contributed by atoms with Gasteiger partial charge >= 0.3 is 12.0 Å². The molecule has 0 saturated heterocycles. The molecule has 4 aliphatic carbocycles. The van der Waals surface area contributed by atoms with E-state index in [4.69, 9.17) is 5.11 Å². The molecule has 3 amide bonds. The zero-order valence-corrected chi connectivity index (χ0v) is 14.8. The lowest BCUT2D eigenvalue weighted by Gasteiger charge is -2.56. The topological polar surface area (TPSA) is 108 Å². The number of aliphatic carboxylic acids is 1. The maximum atomic E-state index is 12.2. The first kappa shape index (κ1) is 18.0. The van der Waals surface area contributed by atoms with Crippen LogP contribution in [0, 0.1) is 23.7 Å². The average Bonchev–Trinajstić information content (AvgIpc) is 2.50. The molecule has 4 bridgehead atoms. The van der Waals surface area contributed by atoms with Gasteiger partial charge in [-0.3, -0.25) is 9.59 Å². The highest BCUT2D eigenvalue weighted by Crippen LogP contribution is 2.55. The second-order valence-electron chi connectivity index (χ2n) is 8.37. The second kappa shape index (κ2) is 7.22. The molecule has 0 spiro atoms. The number of nitrogens with one attached hydrogen (secondary N) is 3. The lowest BCUT2D eigenvalue weighted by Crippen LogP contribution is -2.61. The molecule has 4 fully saturated rings. The number of urea groups is 1. The molecule has 0 aromatic carbocycles. The van der Waals surface area contributed by atoms with Crippen LogP contribution in [-0.4, -0.2) is 41.6 Å². The summed E-state index contributed by atoms with van der Waals surface area (Å²) in [7, 11) is 0. The monoisotopic (exact) mass is 351 g/mol. The fraction of sp³-hybridized carbons (Fsp3) is 0.833. The van der Waals surface area contributed by atoms with Gasteiger partial charge in [-0.05, 0) is 56.3 Å². The lowest BCUT2D eigenvalue weighted by molar-refractivity contribution is -0.141. The highest BCUT2D eigenvalue weighted by atomic mass is 16.4. The Hall–Kier alpha value is -1.79. The molecular weight excluding hydrogens is 322 g/mol. The van der Waals surface area contributed by atoms with Gasteiger partial charge in [0.25, 0.3) is 0 Å². The first-order valence-electron chi connectivity index (χ1n) is 9.41. The normalized spacial score (nSPS) is 33.6. The van der Waals surface area contributed by atoms with Crippen molar-refractivity contribution in [1.82, 2.24) is 16.0 Å². The molecule has 4 N–H and O–H groups in total. The molecule has 0 aliphatic heterocycles. The Bertz CT molecular complexity index is 513. The van der Waals surface area contributed by atoms with Crippen LogP contribution in [0.15, 0.2) is 0 Å². The molecule has 4 rings (SSSR count). The van der Waals surface area contributed by atoms with E-state index in [2.05, 4.69) is 16.0 Å². The van der Waals surface area contributed by atoms with Crippen LogP contribution in [0.5, 0.6) is 0 Å². The first-order valence-corrected chi connectivity index (χ1v) is 9.41. The van der Waals surface area contributed by atoms with Crippen molar-refractivity contribution >= 4 is 17.9 Å². The van der Waals surface area contributed by atoms with Crippen molar-refractivity contribution in [3.05, 3.63) is 0 Å². The summed E-state index contributed by atoms with van der Waals surface area (Å²) in [5.74, 6) is 0.517. The standard InChI is InChI=1S/C18H29N3O4/c1-11(16(23)24)10-20-15(22)2-3-19-17(25)21-18-7-12-4-13(8-18)6-14(5-12)9-18/h11-14H,2-10H2,1H3,(H,20,22)(H,23,24)(H2,19,21,25). The van der Waals surface area contributed by atoms with Gasteiger partial charge in [-0.25, -0.2) is 4.79 Å². The van der Waals surface area contributed by atoms with Crippen LogP contribution >= 0.6 is 0 Å². The van der Waals surface area contributed by atoms with Crippen LogP contribution in [0.2, 0.25) is 0 Å². The second-order valence-corrected chi connectivity index (χ2v) is 8.37. The van der Waals surface area contributed by atoms with Crippen LogP contribution < -0.4 is 16.0 Å². The van der Waals surface area contributed by atoms with E-state index in [0.29, 0.717) is 0 Å². The van der Waals surface area contributed by atoms with Crippen LogP contribution in [0.1, 0.15) is 51.9 Å². The molecule has 25 heavy (non-hydrogen) atoms. The van der Waals surface area contributed by atoms with E-state index in [-0.39, 0.29) is 37.0 Å². The van der Waals surface area contributed by atoms with Crippen LogP contribution in [0.3, 0.4) is 0 Å². The molecule has 140 valence electrons. The van der Waals surface area contributed by atoms with Gasteiger partial charge in [0.1, 0.15) is 0 Å². The van der Waals surface area contributed by atoms with E-state index in [1.807, 2.05) is 0 Å². The fourth-order valence-corrected chi connectivity index (χ4v) is 5.28.